The minimum atomic E-state index is 0.263. The minimum Gasteiger partial charge on any atom is -0.198 e. The van der Waals surface area contributed by atoms with Crippen molar-refractivity contribution in [2.45, 2.75) is 13.3 Å². The maximum atomic E-state index is 8.49. The van der Waals surface area contributed by atoms with Crippen molar-refractivity contribution in [2.24, 2.45) is 0 Å². The monoisotopic (exact) mass is 199 g/mol. The van der Waals surface area contributed by atoms with Crippen molar-refractivity contribution in [3.05, 3.63) is 33.3 Å². The van der Waals surface area contributed by atoms with E-state index < -0.39 is 0 Å². The van der Waals surface area contributed by atoms with Gasteiger partial charge in [-0.2, -0.15) is 5.26 Å². The van der Waals surface area contributed by atoms with Crippen molar-refractivity contribution in [2.75, 3.05) is 0 Å². The van der Waals surface area contributed by atoms with Gasteiger partial charge >= 0.3 is 0 Å². The predicted octanol–water partition coefficient (Wildman–Crippen LogP) is 3.37. The van der Waals surface area contributed by atoms with E-state index in [1.165, 1.54) is 0 Å². The fourth-order valence-corrected chi connectivity index (χ4v) is 1.46. The zero-order chi connectivity index (χ0) is 9.14. The fraction of sp³-hybridized carbons (Fsp3) is 0.222. The molecule has 3 heteroatoms. The van der Waals surface area contributed by atoms with E-state index in [-0.39, 0.29) is 6.42 Å². The predicted molar refractivity (Wildman–Crippen MR) is 50.5 cm³/mol. The van der Waals surface area contributed by atoms with E-state index in [1.807, 2.05) is 19.1 Å². The van der Waals surface area contributed by atoms with Crippen molar-refractivity contribution in [1.82, 2.24) is 0 Å². The van der Waals surface area contributed by atoms with E-state index in [4.69, 9.17) is 28.5 Å². The van der Waals surface area contributed by atoms with Crippen molar-refractivity contribution in [3.63, 3.8) is 0 Å². The highest BCUT2D eigenvalue weighted by Crippen LogP contribution is 2.27. The molecule has 1 nitrogen and oxygen atoms in total. The van der Waals surface area contributed by atoms with Crippen molar-refractivity contribution in [1.29, 1.82) is 5.26 Å². The van der Waals surface area contributed by atoms with Gasteiger partial charge in [0.05, 0.1) is 12.5 Å². The standard InChI is InChI=1S/C9H7Cl2N/c1-6-2-3-8(10)7(4-5-12)9(6)11/h2-3H,4H2,1H3. The molecule has 0 saturated carbocycles. The van der Waals surface area contributed by atoms with Crippen LogP contribution >= 0.6 is 23.2 Å². The largest absolute Gasteiger partial charge is 0.198 e. The van der Waals surface area contributed by atoms with Crippen LogP contribution in [-0.4, -0.2) is 0 Å². The van der Waals surface area contributed by atoms with Crippen LogP contribution in [0, 0.1) is 18.3 Å². The third-order valence-corrected chi connectivity index (χ3v) is 2.52. The fourth-order valence-electron chi connectivity index (χ4n) is 0.956. The first kappa shape index (κ1) is 9.38. The first-order chi connectivity index (χ1) is 5.66. The van der Waals surface area contributed by atoms with E-state index in [1.54, 1.807) is 6.07 Å². The van der Waals surface area contributed by atoms with Crippen LogP contribution in [0.15, 0.2) is 12.1 Å². The van der Waals surface area contributed by atoms with Crippen LogP contribution in [0.4, 0.5) is 0 Å². The Hall–Kier alpha value is -0.710. The number of benzene rings is 1. The Morgan fingerprint density at radius 3 is 2.67 bits per heavy atom. The molecule has 0 unspecified atom stereocenters. The van der Waals surface area contributed by atoms with Crippen LogP contribution in [0.3, 0.4) is 0 Å². The van der Waals surface area contributed by atoms with Gasteiger partial charge in [-0.15, -0.1) is 0 Å². The third-order valence-electron chi connectivity index (χ3n) is 1.63. The average Bonchev–Trinajstić information content (AvgIpc) is 2.06. The zero-order valence-corrected chi connectivity index (χ0v) is 8.08. The Labute approximate surface area is 81.5 Å². The maximum absolute atomic E-state index is 8.49. The molecular formula is C9H7Cl2N. The second-order valence-electron chi connectivity index (χ2n) is 2.49. The summed E-state index contributed by atoms with van der Waals surface area (Å²) in [4.78, 5) is 0. The summed E-state index contributed by atoms with van der Waals surface area (Å²) in [5.41, 5.74) is 1.67. The van der Waals surface area contributed by atoms with E-state index >= 15 is 0 Å². The van der Waals surface area contributed by atoms with Crippen molar-refractivity contribution in [3.8, 4) is 6.07 Å². The highest BCUT2D eigenvalue weighted by Gasteiger charge is 2.06. The summed E-state index contributed by atoms with van der Waals surface area (Å²) in [5.74, 6) is 0. The third kappa shape index (κ3) is 1.72. The number of nitrogens with zero attached hydrogens (tertiary/aromatic N) is 1. The van der Waals surface area contributed by atoms with Gasteiger partial charge in [-0.25, -0.2) is 0 Å². The normalized spacial score (nSPS) is 9.50. The van der Waals surface area contributed by atoms with Gasteiger partial charge < -0.3 is 0 Å². The number of hydrogen-bond donors (Lipinski definition) is 0. The highest BCUT2D eigenvalue weighted by molar-refractivity contribution is 6.36. The number of rotatable bonds is 1. The molecule has 0 aromatic heterocycles. The molecule has 0 amide bonds. The molecule has 0 radical (unpaired) electrons. The van der Waals surface area contributed by atoms with Crippen LogP contribution in [-0.2, 0) is 6.42 Å². The summed E-state index contributed by atoms with van der Waals surface area (Å²) in [6, 6.07) is 5.62. The summed E-state index contributed by atoms with van der Waals surface area (Å²) in [7, 11) is 0. The topological polar surface area (TPSA) is 23.8 Å². The Kier molecular flexibility index (Phi) is 2.97. The first-order valence-corrected chi connectivity index (χ1v) is 4.23. The minimum absolute atomic E-state index is 0.263. The summed E-state index contributed by atoms with van der Waals surface area (Å²) in [6.45, 7) is 1.89. The van der Waals surface area contributed by atoms with Crippen LogP contribution < -0.4 is 0 Å². The van der Waals surface area contributed by atoms with Gasteiger partial charge in [0.2, 0.25) is 0 Å². The lowest BCUT2D eigenvalue weighted by Crippen LogP contribution is -1.88. The Morgan fingerprint density at radius 1 is 1.42 bits per heavy atom. The molecule has 0 aliphatic rings. The molecule has 0 spiro atoms. The molecule has 1 rings (SSSR count). The lowest BCUT2D eigenvalue weighted by molar-refractivity contribution is 1.24. The molecule has 0 aliphatic carbocycles. The molecule has 0 N–H and O–H groups in total. The number of halogens is 2. The van der Waals surface area contributed by atoms with Crippen LogP contribution in [0.2, 0.25) is 10.0 Å². The maximum Gasteiger partial charge on any atom is 0.0670 e. The van der Waals surface area contributed by atoms with Gasteiger partial charge in [0, 0.05) is 15.6 Å². The number of nitriles is 1. The SMILES string of the molecule is Cc1ccc(Cl)c(CC#N)c1Cl. The van der Waals surface area contributed by atoms with Gasteiger partial charge in [-0.3, -0.25) is 0 Å². The summed E-state index contributed by atoms with van der Waals surface area (Å²) >= 11 is 11.8. The van der Waals surface area contributed by atoms with Gasteiger partial charge in [0.15, 0.2) is 0 Å². The van der Waals surface area contributed by atoms with Gasteiger partial charge in [-0.1, -0.05) is 29.3 Å². The highest BCUT2D eigenvalue weighted by atomic mass is 35.5. The molecule has 0 saturated heterocycles. The first-order valence-electron chi connectivity index (χ1n) is 3.47. The molecule has 62 valence electrons. The molecule has 0 heterocycles. The van der Waals surface area contributed by atoms with Gasteiger partial charge in [0.1, 0.15) is 0 Å². The van der Waals surface area contributed by atoms with Crippen LogP contribution in [0.5, 0.6) is 0 Å². The zero-order valence-electron chi connectivity index (χ0n) is 6.56. The lowest BCUT2D eigenvalue weighted by atomic mass is 10.1. The molecule has 1 aromatic carbocycles. The van der Waals surface area contributed by atoms with E-state index in [0.717, 1.165) is 11.1 Å². The van der Waals surface area contributed by atoms with Crippen molar-refractivity contribution >= 4 is 23.2 Å². The van der Waals surface area contributed by atoms with Crippen LogP contribution in [0.1, 0.15) is 11.1 Å². The summed E-state index contributed by atoms with van der Waals surface area (Å²) in [5, 5.41) is 9.66. The van der Waals surface area contributed by atoms with E-state index in [0.29, 0.717) is 10.0 Å². The van der Waals surface area contributed by atoms with Gasteiger partial charge in [0.25, 0.3) is 0 Å². The Bertz CT molecular complexity index is 339. The Morgan fingerprint density at radius 2 is 2.08 bits per heavy atom. The molecule has 0 atom stereocenters. The Balaban J connectivity index is 3.25. The lowest BCUT2D eigenvalue weighted by Gasteiger charge is -2.04. The second-order valence-corrected chi connectivity index (χ2v) is 3.28. The molecule has 1 aromatic rings. The smallest absolute Gasteiger partial charge is 0.0670 e. The summed E-state index contributed by atoms with van der Waals surface area (Å²) in [6.07, 6.45) is 0.263. The molecular weight excluding hydrogens is 193 g/mol. The van der Waals surface area contributed by atoms with E-state index in [2.05, 4.69) is 0 Å². The molecule has 0 bridgehead atoms. The molecule has 0 aliphatic heterocycles. The molecule has 12 heavy (non-hydrogen) atoms. The van der Waals surface area contributed by atoms with Crippen molar-refractivity contribution < 1.29 is 0 Å². The van der Waals surface area contributed by atoms with Crippen LogP contribution in [0.25, 0.3) is 0 Å². The number of hydrogen-bond acceptors (Lipinski definition) is 1. The average molecular weight is 200 g/mol. The quantitative estimate of drug-likeness (QED) is 0.681. The second kappa shape index (κ2) is 3.80. The molecule has 0 fully saturated rings. The van der Waals surface area contributed by atoms with E-state index in [9.17, 15) is 0 Å². The number of aryl methyl sites for hydroxylation is 1. The summed E-state index contributed by atoms with van der Waals surface area (Å²) < 4.78 is 0. The van der Waals surface area contributed by atoms with Gasteiger partial charge in [-0.05, 0) is 18.6 Å².